The van der Waals surface area contributed by atoms with Crippen LogP contribution in [-0.4, -0.2) is 23.8 Å². The highest BCUT2D eigenvalue weighted by atomic mass is 16.5. The lowest BCUT2D eigenvalue weighted by molar-refractivity contribution is -0.142. The average Bonchev–Trinajstić information content (AvgIpc) is 2.81. The highest BCUT2D eigenvalue weighted by Crippen LogP contribution is 2.19. The van der Waals surface area contributed by atoms with Gasteiger partial charge >= 0.3 is 5.97 Å². The number of carbonyl (C=O) groups is 2. The first-order valence-corrected chi connectivity index (χ1v) is 6.13. The van der Waals surface area contributed by atoms with E-state index in [0.29, 0.717) is 12.2 Å². The van der Waals surface area contributed by atoms with Crippen LogP contribution in [0.15, 0.2) is 30.5 Å². The molecule has 2 rings (SSSR count). The summed E-state index contributed by atoms with van der Waals surface area (Å²) in [5, 5.41) is 0.901. The van der Waals surface area contributed by atoms with E-state index in [1.54, 1.807) is 19.2 Å². The van der Waals surface area contributed by atoms with Gasteiger partial charge in [0.15, 0.2) is 6.29 Å². The monoisotopic (exact) mass is 257 g/mol. The molecular weight excluding hydrogens is 242 g/mol. The van der Waals surface area contributed by atoms with Crippen molar-refractivity contribution in [2.24, 2.45) is 0 Å². The van der Waals surface area contributed by atoms with Gasteiger partial charge in [0.1, 0.15) is 0 Å². The van der Waals surface area contributed by atoms with Crippen LogP contribution in [0.4, 0.5) is 0 Å². The summed E-state index contributed by atoms with van der Waals surface area (Å²) in [5.41, 5.74) is 2.52. The largest absolute Gasteiger partial charge is 0.466 e. The molecule has 1 heterocycles. The van der Waals surface area contributed by atoms with Crippen molar-refractivity contribution in [2.75, 3.05) is 6.61 Å². The van der Waals surface area contributed by atoms with Gasteiger partial charge in [-0.1, -0.05) is 24.3 Å². The van der Waals surface area contributed by atoms with Crippen molar-refractivity contribution >= 4 is 29.2 Å². The molecule has 4 nitrogen and oxygen atoms in total. The highest BCUT2D eigenvalue weighted by molar-refractivity contribution is 5.97. The minimum atomic E-state index is -0.233. The molecule has 0 aliphatic carbocycles. The third-order valence-electron chi connectivity index (χ3n) is 2.76. The van der Waals surface area contributed by atoms with Crippen molar-refractivity contribution in [1.82, 2.24) is 4.98 Å². The van der Waals surface area contributed by atoms with Crippen LogP contribution in [0, 0.1) is 0 Å². The molecule has 0 radical (unpaired) electrons. The van der Waals surface area contributed by atoms with Crippen molar-refractivity contribution in [3.8, 4) is 0 Å². The van der Waals surface area contributed by atoms with Gasteiger partial charge in [0.05, 0.1) is 13.0 Å². The Labute approximate surface area is 111 Å². The van der Waals surface area contributed by atoms with E-state index in [0.717, 1.165) is 22.8 Å². The molecule has 0 saturated heterocycles. The van der Waals surface area contributed by atoms with E-state index in [9.17, 15) is 9.59 Å². The molecule has 2 aromatic rings. The summed E-state index contributed by atoms with van der Waals surface area (Å²) >= 11 is 0. The molecule has 0 amide bonds. The van der Waals surface area contributed by atoms with Gasteiger partial charge in [0.2, 0.25) is 0 Å². The number of hydrogen-bond acceptors (Lipinski definition) is 3. The summed E-state index contributed by atoms with van der Waals surface area (Å²) in [6, 6.07) is 5.73. The Bertz CT molecular complexity index is 625. The average molecular weight is 257 g/mol. The molecule has 0 unspecified atom stereocenters. The van der Waals surface area contributed by atoms with Crippen molar-refractivity contribution in [3.05, 3.63) is 41.6 Å². The van der Waals surface area contributed by atoms with E-state index in [4.69, 9.17) is 4.74 Å². The molecule has 98 valence electrons. The molecule has 1 aromatic heterocycles. The predicted molar refractivity (Wildman–Crippen MR) is 74.0 cm³/mol. The van der Waals surface area contributed by atoms with Gasteiger partial charge in [0.25, 0.3) is 0 Å². The van der Waals surface area contributed by atoms with Gasteiger partial charge in [-0.3, -0.25) is 9.59 Å². The van der Waals surface area contributed by atoms with Gasteiger partial charge in [-0.2, -0.15) is 0 Å². The number of benzene rings is 1. The number of hydrogen-bond donors (Lipinski definition) is 1. The number of carbonyl (C=O) groups excluding carboxylic acids is 2. The third kappa shape index (κ3) is 3.10. The summed E-state index contributed by atoms with van der Waals surface area (Å²) in [6.07, 6.45) is 6.40. The zero-order valence-electron chi connectivity index (χ0n) is 10.7. The van der Waals surface area contributed by atoms with Crippen LogP contribution < -0.4 is 0 Å². The van der Waals surface area contributed by atoms with Crippen LogP contribution in [-0.2, 0) is 9.53 Å². The topological polar surface area (TPSA) is 59.2 Å². The Morgan fingerprint density at radius 2 is 2.26 bits per heavy atom. The molecule has 1 N–H and O–H groups in total. The standard InChI is InChI=1S/C15H15NO3/c1-2-19-15(18)5-3-4-11-6-7-13-12(10-17)9-16-14(13)8-11/h3-4,6-10,16H,2,5H2,1H3. The number of ether oxygens (including phenoxy) is 1. The summed E-state index contributed by atoms with van der Waals surface area (Å²) in [5.74, 6) is -0.233. The minimum absolute atomic E-state index is 0.233. The number of H-pyrrole nitrogens is 1. The van der Waals surface area contributed by atoms with Crippen molar-refractivity contribution in [2.45, 2.75) is 13.3 Å². The van der Waals surface area contributed by atoms with E-state index in [1.165, 1.54) is 0 Å². The van der Waals surface area contributed by atoms with Crippen LogP contribution in [0.2, 0.25) is 0 Å². The Morgan fingerprint density at radius 1 is 1.42 bits per heavy atom. The summed E-state index contributed by atoms with van der Waals surface area (Å²) < 4.78 is 4.83. The Balaban J connectivity index is 2.11. The number of aromatic amines is 1. The molecule has 0 spiro atoms. The normalized spacial score (nSPS) is 11.0. The van der Waals surface area contributed by atoms with E-state index in [2.05, 4.69) is 4.98 Å². The lowest BCUT2D eigenvalue weighted by Gasteiger charge is -1.97. The maximum absolute atomic E-state index is 11.2. The van der Waals surface area contributed by atoms with Gasteiger partial charge < -0.3 is 9.72 Å². The van der Waals surface area contributed by atoms with Crippen molar-refractivity contribution < 1.29 is 14.3 Å². The molecule has 19 heavy (non-hydrogen) atoms. The Morgan fingerprint density at radius 3 is 3.00 bits per heavy atom. The number of fused-ring (bicyclic) bond motifs is 1. The molecule has 0 bridgehead atoms. The van der Waals surface area contributed by atoms with Crippen LogP contribution >= 0.6 is 0 Å². The van der Waals surface area contributed by atoms with Crippen LogP contribution in [0.5, 0.6) is 0 Å². The molecule has 0 aliphatic rings. The molecule has 4 heteroatoms. The van der Waals surface area contributed by atoms with E-state index in [-0.39, 0.29) is 12.4 Å². The lowest BCUT2D eigenvalue weighted by atomic mass is 10.1. The predicted octanol–water partition coefficient (Wildman–Crippen LogP) is 2.95. The lowest BCUT2D eigenvalue weighted by Crippen LogP contribution is -2.01. The Hall–Kier alpha value is -2.36. The SMILES string of the molecule is CCOC(=O)CC=Cc1ccc2c(C=O)c[nH]c2c1. The molecular formula is C15H15NO3. The fraction of sp³-hybridized carbons (Fsp3) is 0.200. The summed E-state index contributed by atoms with van der Waals surface area (Å²) in [4.78, 5) is 25.0. The number of esters is 1. The fourth-order valence-corrected chi connectivity index (χ4v) is 1.88. The third-order valence-corrected chi connectivity index (χ3v) is 2.76. The van der Waals surface area contributed by atoms with E-state index in [1.807, 2.05) is 24.3 Å². The van der Waals surface area contributed by atoms with Crippen LogP contribution in [0.1, 0.15) is 29.3 Å². The van der Waals surface area contributed by atoms with Gasteiger partial charge in [-0.25, -0.2) is 0 Å². The first-order valence-electron chi connectivity index (χ1n) is 6.13. The zero-order valence-corrected chi connectivity index (χ0v) is 10.7. The van der Waals surface area contributed by atoms with Gasteiger partial charge in [-0.05, 0) is 18.6 Å². The second-order valence-corrected chi connectivity index (χ2v) is 4.08. The first-order chi connectivity index (χ1) is 9.24. The van der Waals surface area contributed by atoms with Gasteiger partial charge in [-0.15, -0.1) is 0 Å². The maximum Gasteiger partial charge on any atom is 0.309 e. The molecule has 0 saturated carbocycles. The second-order valence-electron chi connectivity index (χ2n) is 4.08. The molecule has 1 aromatic carbocycles. The van der Waals surface area contributed by atoms with Gasteiger partial charge in [0, 0.05) is 22.7 Å². The van der Waals surface area contributed by atoms with E-state index >= 15 is 0 Å². The molecule has 0 aliphatic heterocycles. The zero-order chi connectivity index (χ0) is 13.7. The van der Waals surface area contributed by atoms with Crippen LogP contribution in [0.3, 0.4) is 0 Å². The van der Waals surface area contributed by atoms with Crippen molar-refractivity contribution in [1.29, 1.82) is 0 Å². The number of rotatable bonds is 5. The highest BCUT2D eigenvalue weighted by Gasteiger charge is 2.02. The summed E-state index contributed by atoms with van der Waals surface area (Å²) in [7, 11) is 0. The minimum Gasteiger partial charge on any atom is -0.466 e. The number of nitrogens with one attached hydrogen (secondary N) is 1. The number of aldehydes is 1. The summed E-state index contributed by atoms with van der Waals surface area (Å²) in [6.45, 7) is 2.18. The maximum atomic E-state index is 11.2. The Kier molecular flexibility index (Phi) is 4.13. The smallest absolute Gasteiger partial charge is 0.309 e. The second kappa shape index (κ2) is 6.00. The van der Waals surface area contributed by atoms with Crippen molar-refractivity contribution in [3.63, 3.8) is 0 Å². The van der Waals surface area contributed by atoms with E-state index < -0.39 is 0 Å². The fourth-order valence-electron chi connectivity index (χ4n) is 1.88. The first kappa shape index (κ1) is 13.1. The quantitative estimate of drug-likeness (QED) is 0.661. The number of aromatic nitrogens is 1. The molecule has 0 fully saturated rings. The molecule has 0 atom stereocenters. The van der Waals surface area contributed by atoms with Crippen LogP contribution in [0.25, 0.3) is 17.0 Å².